The number of nitrogens with zero attached hydrogens (tertiary/aromatic N) is 6. The Hall–Kier alpha value is -4.46. The average molecular weight is 390 g/mol. The third-order valence-corrected chi connectivity index (χ3v) is 5.08. The van der Waals surface area contributed by atoms with E-state index in [1.807, 2.05) is 24.3 Å². The second-order valence-corrected chi connectivity index (χ2v) is 6.85. The second kappa shape index (κ2) is 6.56. The topological polar surface area (TPSA) is 109 Å². The van der Waals surface area contributed by atoms with E-state index in [2.05, 4.69) is 46.2 Å². The summed E-state index contributed by atoms with van der Waals surface area (Å²) >= 11 is 0. The van der Waals surface area contributed by atoms with E-state index in [0.717, 1.165) is 55.7 Å². The van der Waals surface area contributed by atoms with E-state index in [9.17, 15) is 0 Å². The molecule has 30 heavy (non-hydrogen) atoms. The summed E-state index contributed by atoms with van der Waals surface area (Å²) in [5.41, 5.74) is 7.17. The number of nitrogens with one attached hydrogen (secondary N) is 2. The van der Waals surface area contributed by atoms with Crippen LogP contribution < -0.4 is 0 Å². The Morgan fingerprint density at radius 2 is 1.60 bits per heavy atom. The molecule has 6 aromatic heterocycles. The van der Waals surface area contributed by atoms with Crippen molar-refractivity contribution in [1.82, 2.24) is 40.1 Å². The molecule has 0 spiro atoms. The van der Waals surface area contributed by atoms with Crippen LogP contribution >= 0.6 is 0 Å². The largest absolute Gasteiger partial charge is 0.338 e. The number of aromatic nitrogens is 8. The van der Waals surface area contributed by atoms with Crippen LogP contribution in [0.3, 0.4) is 0 Å². The molecule has 0 saturated carbocycles. The van der Waals surface area contributed by atoms with E-state index >= 15 is 0 Å². The molecule has 6 heterocycles. The molecule has 8 heteroatoms. The van der Waals surface area contributed by atoms with Gasteiger partial charge in [0, 0.05) is 47.3 Å². The van der Waals surface area contributed by atoms with Gasteiger partial charge < -0.3 is 4.98 Å². The number of hydrogen-bond acceptors (Lipinski definition) is 6. The van der Waals surface area contributed by atoms with E-state index in [4.69, 9.17) is 0 Å². The molecule has 0 radical (unpaired) electrons. The van der Waals surface area contributed by atoms with Gasteiger partial charge in [-0.1, -0.05) is 0 Å². The van der Waals surface area contributed by atoms with Crippen LogP contribution in [0.1, 0.15) is 0 Å². The Morgan fingerprint density at radius 1 is 0.733 bits per heavy atom. The van der Waals surface area contributed by atoms with Crippen LogP contribution in [-0.2, 0) is 0 Å². The van der Waals surface area contributed by atoms with Gasteiger partial charge in [-0.05, 0) is 41.5 Å². The first-order chi connectivity index (χ1) is 14.9. The van der Waals surface area contributed by atoms with Crippen molar-refractivity contribution >= 4 is 21.9 Å². The molecule has 6 rings (SSSR count). The van der Waals surface area contributed by atoms with Crippen molar-refractivity contribution in [3.63, 3.8) is 0 Å². The number of hydrogen-bond donors (Lipinski definition) is 2. The molecular weight excluding hydrogens is 376 g/mol. The van der Waals surface area contributed by atoms with Crippen molar-refractivity contribution in [2.75, 3.05) is 0 Å². The van der Waals surface area contributed by atoms with Gasteiger partial charge in [0.15, 0.2) is 0 Å². The monoisotopic (exact) mass is 390 g/mol. The van der Waals surface area contributed by atoms with Crippen LogP contribution in [0.15, 0.2) is 73.8 Å². The van der Waals surface area contributed by atoms with Crippen molar-refractivity contribution < 1.29 is 0 Å². The fourth-order valence-electron chi connectivity index (χ4n) is 3.65. The highest BCUT2D eigenvalue weighted by atomic mass is 15.1. The fraction of sp³-hybridized carbons (Fsp3) is 0. The maximum absolute atomic E-state index is 4.53. The maximum Gasteiger partial charge on any atom is 0.138 e. The SMILES string of the molecule is c1cc(-c2ccnc3[nH]c(-c4n[nH]c5cnc(-c6cncnc6)cc45)cc23)ccn1. The van der Waals surface area contributed by atoms with Crippen molar-refractivity contribution in [3.8, 4) is 33.8 Å². The Labute approximate surface area is 170 Å². The normalized spacial score (nSPS) is 11.3. The smallest absolute Gasteiger partial charge is 0.138 e. The third-order valence-electron chi connectivity index (χ3n) is 5.08. The van der Waals surface area contributed by atoms with Gasteiger partial charge in [-0.25, -0.2) is 15.0 Å². The van der Waals surface area contributed by atoms with E-state index in [-0.39, 0.29) is 0 Å². The zero-order valence-electron chi connectivity index (χ0n) is 15.6. The maximum atomic E-state index is 4.53. The summed E-state index contributed by atoms with van der Waals surface area (Å²) in [7, 11) is 0. The molecule has 142 valence electrons. The summed E-state index contributed by atoms with van der Waals surface area (Å²) in [4.78, 5) is 24.7. The van der Waals surface area contributed by atoms with Gasteiger partial charge in [0.25, 0.3) is 0 Å². The van der Waals surface area contributed by atoms with Crippen molar-refractivity contribution in [2.24, 2.45) is 0 Å². The number of fused-ring (bicyclic) bond motifs is 2. The Balaban J connectivity index is 1.52. The lowest BCUT2D eigenvalue weighted by atomic mass is 10.0. The standard InChI is InChI=1S/C22H14N8/c1-4-23-5-2-13(1)15-3-6-26-22-16(15)7-19(28-22)21-17-8-18(14-9-24-12-25-10-14)27-11-20(17)29-30-21/h1-12H,(H,26,28)(H,29,30). The summed E-state index contributed by atoms with van der Waals surface area (Å²) in [5.74, 6) is 0. The summed E-state index contributed by atoms with van der Waals surface area (Å²) in [6.45, 7) is 0. The minimum Gasteiger partial charge on any atom is -0.338 e. The van der Waals surface area contributed by atoms with Crippen molar-refractivity contribution in [3.05, 3.63) is 73.8 Å². The van der Waals surface area contributed by atoms with E-state index in [1.165, 1.54) is 6.33 Å². The predicted molar refractivity (Wildman–Crippen MR) is 113 cm³/mol. The molecule has 0 bridgehead atoms. The van der Waals surface area contributed by atoms with Gasteiger partial charge in [0.1, 0.15) is 17.7 Å². The van der Waals surface area contributed by atoms with Crippen molar-refractivity contribution in [1.29, 1.82) is 0 Å². The highest BCUT2D eigenvalue weighted by molar-refractivity contribution is 6.00. The fourth-order valence-corrected chi connectivity index (χ4v) is 3.65. The molecule has 0 unspecified atom stereocenters. The zero-order valence-corrected chi connectivity index (χ0v) is 15.6. The number of H-pyrrole nitrogens is 2. The van der Waals surface area contributed by atoms with Crippen LogP contribution in [0.5, 0.6) is 0 Å². The van der Waals surface area contributed by atoms with Gasteiger partial charge in [-0.15, -0.1) is 0 Å². The van der Waals surface area contributed by atoms with Crippen molar-refractivity contribution in [2.45, 2.75) is 0 Å². The number of pyridine rings is 3. The lowest BCUT2D eigenvalue weighted by Crippen LogP contribution is -1.86. The third kappa shape index (κ3) is 2.62. The highest BCUT2D eigenvalue weighted by Gasteiger charge is 2.15. The summed E-state index contributed by atoms with van der Waals surface area (Å²) in [6, 6.07) is 10.1. The van der Waals surface area contributed by atoms with Gasteiger partial charge in [-0.3, -0.25) is 15.1 Å². The lowest BCUT2D eigenvalue weighted by Gasteiger charge is -2.01. The van der Waals surface area contributed by atoms with Gasteiger partial charge in [0.2, 0.25) is 0 Å². The van der Waals surface area contributed by atoms with Gasteiger partial charge in [0.05, 0.1) is 23.1 Å². The lowest BCUT2D eigenvalue weighted by molar-refractivity contribution is 1.11. The number of aromatic amines is 2. The van der Waals surface area contributed by atoms with Crippen LogP contribution in [0.2, 0.25) is 0 Å². The zero-order chi connectivity index (χ0) is 19.9. The molecule has 0 aromatic carbocycles. The number of rotatable bonds is 3. The predicted octanol–water partition coefficient (Wildman–Crippen LogP) is 4.02. The molecule has 0 aliphatic carbocycles. The van der Waals surface area contributed by atoms with Crippen LogP contribution in [-0.4, -0.2) is 40.1 Å². The average Bonchev–Trinajstić information content (AvgIpc) is 3.43. The first-order valence-corrected chi connectivity index (χ1v) is 9.35. The van der Waals surface area contributed by atoms with Gasteiger partial charge >= 0.3 is 0 Å². The molecule has 2 N–H and O–H groups in total. The summed E-state index contributed by atoms with van der Waals surface area (Å²) in [6.07, 6.45) is 12.2. The van der Waals surface area contributed by atoms with Crippen LogP contribution in [0.4, 0.5) is 0 Å². The first kappa shape index (κ1) is 16.5. The molecule has 0 atom stereocenters. The highest BCUT2D eigenvalue weighted by Crippen LogP contribution is 2.33. The first-order valence-electron chi connectivity index (χ1n) is 9.35. The van der Waals surface area contributed by atoms with Crippen LogP contribution in [0, 0.1) is 0 Å². The molecule has 8 nitrogen and oxygen atoms in total. The molecule has 0 fully saturated rings. The Morgan fingerprint density at radius 3 is 2.47 bits per heavy atom. The minimum atomic E-state index is 0.789. The molecule has 0 aliphatic rings. The van der Waals surface area contributed by atoms with E-state index < -0.39 is 0 Å². The second-order valence-electron chi connectivity index (χ2n) is 6.85. The Bertz CT molecular complexity index is 1490. The molecule has 6 aromatic rings. The van der Waals surface area contributed by atoms with E-state index in [0.29, 0.717) is 0 Å². The Kier molecular flexibility index (Phi) is 3.60. The van der Waals surface area contributed by atoms with Crippen LogP contribution in [0.25, 0.3) is 55.7 Å². The molecule has 0 aliphatic heterocycles. The molecular formula is C22H14N8. The summed E-state index contributed by atoms with van der Waals surface area (Å²) in [5, 5.41) is 9.58. The molecule has 0 amide bonds. The van der Waals surface area contributed by atoms with E-state index in [1.54, 1.807) is 37.2 Å². The summed E-state index contributed by atoms with van der Waals surface area (Å²) < 4.78 is 0. The quantitative estimate of drug-likeness (QED) is 0.472. The van der Waals surface area contributed by atoms with Gasteiger partial charge in [-0.2, -0.15) is 5.10 Å². The minimum absolute atomic E-state index is 0.789. The molecule has 0 saturated heterocycles.